The van der Waals surface area contributed by atoms with Gasteiger partial charge < -0.3 is 10.6 Å². The van der Waals surface area contributed by atoms with Crippen molar-refractivity contribution in [2.45, 2.75) is 52.6 Å². The van der Waals surface area contributed by atoms with E-state index in [-0.39, 0.29) is 11.5 Å². The topological polar surface area (TPSA) is 104 Å². The van der Waals surface area contributed by atoms with Crippen LogP contribution < -0.4 is 10.6 Å². The molecule has 1 atom stereocenters. The maximum absolute atomic E-state index is 9.75. The SMILES string of the molecule is Cc1ncsc1[C@H](Nc1cc(Cl)c2ncc(C#N)c(NCC(C)(C)C)c2c1)c1cn(C2CC2)nn1. The number of benzene rings is 1. The molecule has 5 rings (SSSR count). The molecular formula is C25H27ClN8S. The van der Waals surface area contributed by atoms with Crippen LogP contribution >= 0.6 is 22.9 Å². The minimum Gasteiger partial charge on any atom is -0.383 e. The number of fused-ring (bicyclic) bond motifs is 1. The van der Waals surface area contributed by atoms with Gasteiger partial charge in [-0.1, -0.05) is 37.6 Å². The van der Waals surface area contributed by atoms with Gasteiger partial charge in [0.05, 0.1) is 50.1 Å². The third-order valence-corrected chi connectivity index (χ3v) is 7.23. The van der Waals surface area contributed by atoms with Crippen molar-refractivity contribution < 1.29 is 0 Å². The van der Waals surface area contributed by atoms with Gasteiger partial charge in [-0.25, -0.2) is 9.67 Å². The molecule has 0 aliphatic heterocycles. The van der Waals surface area contributed by atoms with Crippen molar-refractivity contribution in [2.24, 2.45) is 5.41 Å². The molecule has 1 saturated carbocycles. The highest BCUT2D eigenvalue weighted by molar-refractivity contribution is 7.09. The summed E-state index contributed by atoms with van der Waals surface area (Å²) in [6.45, 7) is 9.13. The first-order chi connectivity index (χ1) is 16.7. The second kappa shape index (κ2) is 9.10. The maximum Gasteiger partial charge on any atom is 0.110 e. The number of aromatic nitrogens is 5. The highest BCUT2D eigenvalue weighted by Crippen LogP contribution is 2.38. The van der Waals surface area contributed by atoms with Crippen LogP contribution in [-0.2, 0) is 0 Å². The van der Waals surface area contributed by atoms with E-state index in [2.05, 4.69) is 57.8 Å². The van der Waals surface area contributed by atoms with Crippen LogP contribution in [0.5, 0.6) is 0 Å². The van der Waals surface area contributed by atoms with Crippen LogP contribution in [0.15, 0.2) is 30.0 Å². The molecule has 0 amide bonds. The van der Waals surface area contributed by atoms with Crippen LogP contribution in [0.25, 0.3) is 10.9 Å². The number of rotatable bonds is 7. The zero-order valence-electron chi connectivity index (χ0n) is 20.1. The van der Waals surface area contributed by atoms with E-state index >= 15 is 0 Å². The van der Waals surface area contributed by atoms with Crippen LogP contribution in [0.2, 0.25) is 5.02 Å². The van der Waals surface area contributed by atoms with Crippen LogP contribution in [-0.4, -0.2) is 31.5 Å². The third kappa shape index (κ3) is 4.95. The Morgan fingerprint density at radius 1 is 1.29 bits per heavy atom. The van der Waals surface area contributed by atoms with E-state index in [0.717, 1.165) is 45.9 Å². The summed E-state index contributed by atoms with van der Waals surface area (Å²) in [5, 5.41) is 27.0. The fraction of sp³-hybridized carbons (Fsp3) is 0.400. The number of aryl methyl sites for hydroxylation is 1. The number of thiazole rings is 1. The molecule has 1 aliphatic carbocycles. The molecule has 1 aliphatic rings. The summed E-state index contributed by atoms with van der Waals surface area (Å²) in [5.74, 6) is 0. The maximum atomic E-state index is 9.75. The van der Waals surface area contributed by atoms with Crippen LogP contribution in [0, 0.1) is 23.7 Å². The second-order valence-electron chi connectivity index (χ2n) is 10.2. The van der Waals surface area contributed by atoms with E-state index in [1.165, 1.54) is 0 Å². The van der Waals surface area contributed by atoms with Gasteiger partial charge in [-0.3, -0.25) is 4.98 Å². The van der Waals surface area contributed by atoms with Gasteiger partial charge in [-0.15, -0.1) is 16.4 Å². The Balaban J connectivity index is 1.57. The number of nitrogens with one attached hydrogen (secondary N) is 2. The highest BCUT2D eigenvalue weighted by Gasteiger charge is 2.28. The molecule has 180 valence electrons. The number of nitrogens with zero attached hydrogens (tertiary/aromatic N) is 6. The van der Waals surface area contributed by atoms with E-state index in [4.69, 9.17) is 11.6 Å². The first kappa shape index (κ1) is 23.5. The quantitative estimate of drug-likeness (QED) is 0.311. The van der Waals surface area contributed by atoms with E-state index < -0.39 is 0 Å². The molecule has 4 aromatic rings. The Bertz CT molecular complexity index is 1420. The predicted octanol–water partition coefficient (Wildman–Crippen LogP) is 6.11. The average molecular weight is 507 g/mol. The highest BCUT2D eigenvalue weighted by atomic mass is 35.5. The molecule has 10 heteroatoms. The van der Waals surface area contributed by atoms with Gasteiger partial charge in [-0.05, 0) is 37.3 Å². The number of anilines is 2. The molecule has 3 aromatic heterocycles. The second-order valence-corrected chi connectivity index (χ2v) is 11.5. The number of nitriles is 1. The summed E-state index contributed by atoms with van der Waals surface area (Å²) in [4.78, 5) is 9.99. The fourth-order valence-corrected chi connectivity index (χ4v) is 5.07. The summed E-state index contributed by atoms with van der Waals surface area (Å²) in [6.07, 6.45) is 5.87. The summed E-state index contributed by atoms with van der Waals surface area (Å²) >= 11 is 8.29. The molecule has 2 N–H and O–H groups in total. The standard InChI is InChI=1S/C25H27ClN8S/c1-14-24(35-13-30-14)23(20-11-34(33-32-20)17-5-6-17)31-16-7-18-21(29-12-25(2,3)4)15(9-27)10-28-22(18)19(26)8-16/h7-8,10-11,13,17,23,31H,5-6,12H2,1-4H3,(H,28,29)/t23-/m1/s1. The third-order valence-electron chi connectivity index (χ3n) is 5.94. The predicted molar refractivity (Wildman–Crippen MR) is 140 cm³/mol. The lowest BCUT2D eigenvalue weighted by atomic mass is 9.96. The Kier molecular flexibility index (Phi) is 6.11. The Labute approximate surface area is 213 Å². The summed E-state index contributed by atoms with van der Waals surface area (Å²) < 4.78 is 1.95. The largest absolute Gasteiger partial charge is 0.383 e. The molecule has 35 heavy (non-hydrogen) atoms. The first-order valence-electron chi connectivity index (χ1n) is 11.6. The van der Waals surface area contributed by atoms with Gasteiger partial charge in [0.25, 0.3) is 0 Å². The molecule has 0 bridgehead atoms. The van der Waals surface area contributed by atoms with Gasteiger partial charge in [0.15, 0.2) is 0 Å². The molecule has 0 radical (unpaired) electrons. The van der Waals surface area contributed by atoms with Crippen LogP contribution in [0.3, 0.4) is 0 Å². The summed E-state index contributed by atoms with van der Waals surface area (Å²) in [7, 11) is 0. The average Bonchev–Trinajstić information content (AvgIpc) is 3.39. The molecular weight excluding hydrogens is 480 g/mol. The molecule has 1 fully saturated rings. The van der Waals surface area contributed by atoms with Crippen molar-refractivity contribution in [1.82, 2.24) is 25.0 Å². The van der Waals surface area contributed by atoms with Crippen molar-refractivity contribution in [3.63, 3.8) is 0 Å². The van der Waals surface area contributed by atoms with E-state index in [0.29, 0.717) is 28.7 Å². The van der Waals surface area contributed by atoms with Gasteiger partial charge in [-0.2, -0.15) is 5.26 Å². The zero-order valence-corrected chi connectivity index (χ0v) is 21.7. The van der Waals surface area contributed by atoms with Crippen molar-refractivity contribution in [3.8, 4) is 6.07 Å². The van der Waals surface area contributed by atoms with Gasteiger partial charge >= 0.3 is 0 Å². The Hall–Kier alpha value is -3.22. The number of pyridine rings is 1. The van der Waals surface area contributed by atoms with Crippen LogP contribution in [0.4, 0.5) is 11.4 Å². The smallest absolute Gasteiger partial charge is 0.110 e. The zero-order chi connectivity index (χ0) is 24.7. The Morgan fingerprint density at radius 3 is 2.74 bits per heavy atom. The van der Waals surface area contributed by atoms with E-state index in [9.17, 15) is 5.26 Å². The molecule has 0 spiro atoms. The van der Waals surface area contributed by atoms with Gasteiger partial charge in [0.2, 0.25) is 0 Å². The fourth-order valence-electron chi connectivity index (χ4n) is 3.94. The van der Waals surface area contributed by atoms with E-state index in [1.54, 1.807) is 17.5 Å². The number of hydrogen-bond acceptors (Lipinski definition) is 8. The minimum atomic E-state index is -0.235. The summed E-state index contributed by atoms with van der Waals surface area (Å²) in [5.41, 5.74) is 6.33. The van der Waals surface area contributed by atoms with Crippen molar-refractivity contribution in [2.75, 3.05) is 17.2 Å². The molecule has 0 unspecified atom stereocenters. The van der Waals surface area contributed by atoms with E-state index in [1.807, 2.05) is 35.4 Å². The van der Waals surface area contributed by atoms with Crippen LogP contribution in [0.1, 0.15) is 67.5 Å². The number of hydrogen-bond donors (Lipinski definition) is 2. The minimum absolute atomic E-state index is 0.0319. The Morgan fingerprint density at radius 2 is 2.09 bits per heavy atom. The first-order valence-corrected chi connectivity index (χ1v) is 12.8. The van der Waals surface area contributed by atoms with Crippen molar-refractivity contribution >= 4 is 45.2 Å². The summed E-state index contributed by atoms with van der Waals surface area (Å²) in [6, 6.07) is 6.33. The van der Waals surface area contributed by atoms with Gasteiger partial charge in [0.1, 0.15) is 17.8 Å². The van der Waals surface area contributed by atoms with Gasteiger partial charge in [0, 0.05) is 23.8 Å². The van der Waals surface area contributed by atoms with Crippen molar-refractivity contribution in [1.29, 1.82) is 5.26 Å². The molecule has 8 nitrogen and oxygen atoms in total. The lowest BCUT2D eigenvalue weighted by Crippen LogP contribution is -2.20. The normalized spacial score (nSPS) is 14.6. The lowest BCUT2D eigenvalue weighted by molar-refractivity contribution is 0.443. The molecule has 1 aromatic carbocycles. The molecule has 0 saturated heterocycles. The molecule has 3 heterocycles. The number of halogens is 1. The van der Waals surface area contributed by atoms with Crippen molar-refractivity contribution in [3.05, 3.63) is 56.9 Å². The monoisotopic (exact) mass is 506 g/mol. The lowest BCUT2D eigenvalue weighted by Gasteiger charge is -2.22.